The fourth-order valence-corrected chi connectivity index (χ4v) is 3.34. The zero-order valence-corrected chi connectivity index (χ0v) is 15.1. The maximum absolute atomic E-state index is 13.2. The van der Waals surface area contributed by atoms with Crippen LogP contribution in [0, 0.1) is 0 Å². The summed E-state index contributed by atoms with van der Waals surface area (Å²) < 4.78 is 40.5. The highest BCUT2D eigenvalue weighted by Gasteiger charge is 2.34. The monoisotopic (exact) mass is 407 g/mol. The number of aliphatic hydroxyl groups is 2. The molecule has 1 aromatic carbocycles. The van der Waals surface area contributed by atoms with Crippen molar-refractivity contribution < 1.29 is 23.4 Å². The van der Waals surface area contributed by atoms with Crippen LogP contribution in [0.3, 0.4) is 0 Å². The molecule has 0 unspecified atom stereocenters. The minimum absolute atomic E-state index is 0. The Hall–Kier alpha value is -1.68. The van der Waals surface area contributed by atoms with Gasteiger partial charge in [-0.15, -0.1) is 12.4 Å². The van der Waals surface area contributed by atoms with E-state index in [0.717, 1.165) is 29.9 Å². The van der Waals surface area contributed by atoms with E-state index in [4.69, 9.17) is 0 Å². The van der Waals surface area contributed by atoms with Crippen LogP contribution in [-0.4, -0.2) is 44.6 Å². The zero-order valence-electron chi connectivity index (χ0n) is 14.3. The van der Waals surface area contributed by atoms with Crippen molar-refractivity contribution in [3.05, 3.63) is 40.4 Å². The van der Waals surface area contributed by atoms with E-state index < -0.39 is 34.9 Å². The molecular weight excluding hydrogens is 387 g/mol. The Morgan fingerprint density at radius 3 is 2.78 bits per heavy atom. The lowest BCUT2D eigenvalue weighted by Gasteiger charge is -2.30. The Balaban J connectivity index is 0.00000261. The molecule has 6 nitrogen and oxygen atoms in total. The number of halogens is 4. The molecule has 1 fully saturated rings. The summed E-state index contributed by atoms with van der Waals surface area (Å²) in [5, 5.41) is 22.8. The van der Waals surface area contributed by atoms with Crippen molar-refractivity contribution in [3.8, 4) is 0 Å². The third-order valence-electron chi connectivity index (χ3n) is 4.64. The predicted molar refractivity (Wildman–Crippen MR) is 95.9 cm³/mol. The summed E-state index contributed by atoms with van der Waals surface area (Å²) in [5.74, 6) is 0. The van der Waals surface area contributed by atoms with Crippen molar-refractivity contribution in [1.82, 2.24) is 14.9 Å². The molecule has 1 aromatic heterocycles. The number of nitrogens with one attached hydrogen (secondary N) is 1. The van der Waals surface area contributed by atoms with Gasteiger partial charge in [-0.25, -0.2) is 4.98 Å². The van der Waals surface area contributed by atoms with E-state index >= 15 is 0 Å². The third kappa shape index (κ3) is 4.78. The highest BCUT2D eigenvalue weighted by molar-refractivity contribution is 5.85. The number of fused-ring (bicyclic) bond motifs is 1. The first kappa shape index (κ1) is 21.6. The number of benzene rings is 1. The van der Waals surface area contributed by atoms with Crippen molar-refractivity contribution in [2.75, 3.05) is 6.54 Å². The highest BCUT2D eigenvalue weighted by Crippen LogP contribution is 2.32. The fourth-order valence-electron chi connectivity index (χ4n) is 3.34. The molecule has 1 saturated heterocycles. The molecule has 0 radical (unpaired) electrons. The maximum Gasteiger partial charge on any atom is 0.417 e. The molecule has 2 heterocycles. The van der Waals surface area contributed by atoms with Gasteiger partial charge in [0.15, 0.2) is 0 Å². The summed E-state index contributed by atoms with van der Waals surface area (Å²) in [6, 6.07) is 3.07. The average molecular weight is 408 g/mol. The van der Waals surface area contributed by atoms with Crippen LogP contribution < -0.4 is 10.9 Å². The first-order chi connectivity index (χ1) is 12.3. The molecule has 150 valence electrons. The normalized spacial score (nSPS) is 21.7. The largest absolute Gasteiger partial charge is 0.417 e. The van der Waals surface area contributed by atoms with Crippen LogP contribution in [-0.2, 0) is 12.7 Å². The highest BCUT2D eigenvalue weighted by atomic mass is 35.5. The van der Waals surface area contributed by atoms with E-state index in [1.165, 1.54) is 12.1 Å². The molecule has 0 aliphatic carbocycles. The molecule has 0 amide bonds. The van der Waals surface area contributed by atoms with Gasteiger partial charge in [-0.3, -0.25) is 9.36 Å². The number of nitrogens with zero attached hydrogens (tertiary/aromatic N) is 2. The number of rotatable bonds is 4. The summed E-state index contributed by atoms with van der Waals surface area (Å²) in [6.45, 7) is 0.528. The number of aromatic nitrogens is 2. The summed E-state index contributed by atoms with van der Waals surface area (Å²) in [4.78, 5) is 16.5. The van der Waals surface area contributed by atoms with Crippen molar-refractivity contribution in [2.24, 2.45) is 0 Å². The molecule has 0 spiro atoms. The molecule has 0 saturated carbocycles. The van der Waals surface area contributed by atoms with Gasteiger partial charge >= 0.3 is 6.18 Å². The average Bonchev–Trinajstić information content (AvgIpc) is 2.58. The minimum Gasteiger partial charge on any atom is -0.392 e. The lowest BCUT2D eigenvalue weighted by atomic mass is 9.96. The van der Waals surface area contributed by atoms with Crippen molar-refractivity contribution in [3.63, 3.8) is 0 Å². The molecule has 1 aliphatic rings. The third-order valence-corrected chi connectivity index (χ3v) is 4.64. The first-order valence-corrected chi connectivity index (χ1v) is 8.42. The summed E-state index contributed by atoms with van der Waals surface area (Å²) >= 11 is 0. The van der Waals surface area contributed by atoms with Crippen LogP contribution >= 0.6 is 12.4 Å². The smallest absolute Gasteiger partial charge is 0.392 e. The molecule has 1 aliphatic heterocycles. The molecule has 3 N–H and O–H groups in total. The summed E-state index contributed by atoms with van der Waals surface area (Å²) in [6.07, 6.45) is -3.49. The van der Waals surface area contributed by atoms with Gasteiger partial charge < -0.3 is 15.5 Å². The molecule has 0 bridgehead atoms. The molecule has 3 atom stereocenters. The second-order valence-corrected chi connectivity index (χ2v) is 6.56. The number of hydrogen-bond donors (Lipinski definition) is 3. The van der Waals surface area contributed by atoms with Crippen LogP contribution in [0.25, 0.3) is 10.9 Å². The molecular formula is C17H21ClF3N3O3. The lowest BCUT2D eigenvalue weighted by Crippen LogP contribution is -2.47. The maximum atomic E-state index is 13.2. The van der Waals surface area contributed by atoms with Gasteiger partial charge in [-0.1, -0.05) is 6.07 Å². The summed E-state index contributed by atoms with van der Waals surface area (Å²) in [5.41, 5.74) is -1.93. The number of piperidine rings is 1. The molecule has 2 aromatic rings. The number of hydrogen-bond acceptors (Lipinski definition) is 5. The van der Waals surface area contributed by atoms with Crippen molar-refractivity contribution >= 4 is 23.3 Å². The Morgan fingerprint density at radius 1 is 1.37 bits per heavy atom. The molecule has 27 heavy (non-hydrogen) atoms. The van der Waals surface area contributed by atoms with Gasteiger partial charge in [0.25, 0.3) is 5.56 Å². The van der Waals surface area contributed by atoms with E-state index in [9.17, 15) is 28.2 Å². The Labute approximate surface area is 159 Å². The van der Waals surface area contributed by atoms with Crippen LogP contribution in [0.4, 0.5) is 13.2 Å². The Bertz CT molecular complexity index is 844. The number of aliphatic hydroxyl groups excluding tert-OH is 2. The van der Waals surface area contributed by atoms with Crippen LogP contribution in [0.2, 0.25) is 0 Å². The first-order valence-electron chi connectivity index (χ1n) is 8.42. The van der Waals surface area contributed by atoms with E-state index in [0.29, 0.717) is 6.42 Å². The lowest BCUT2D eigenvalue weighted by molar-refractivity contribution is -0.136. The van der Waals surface area contributed by atoms with E-state index in [1.54, 1.807) is 0 Å². The molecule has 3 rings (SSSR count). The fraction of sp³-hybridized carbons (Fsp3) is 0.529. The van der Waals surface area contributed by atoms with Crippen LogP contribution in [0.5, 0.6) is 0 Å². The second kappa shape index (κ2) is 8.55. The topological polar surface area (TPSA) is 87.4 Å². The van der Waals surface area contributed by atoms with Crippen LogP contribution in [0.1, 0.15) is 24.8 Å². The van der Waals surface area contributed by atoms with Gasteiger partial charge in [0, 0.05) is 6.04 Å². The van der Waals surface area contributed by atoms with Crippen molar-refractivity contribution in [2.45, 2.75) is 50.2 Å². The van der Waals surface area contributed by atoms with Gasteiger partial charge in [-0.05, 0) is 37.9 Å². The minimum atomic E-state index is -4.67. The zero-order chi connectivity index (χ0) is 18.9. The SMILES string of the molecule is Cl.O=c1c2c(C(F)(F)F)cccc2ncn1C[C@@H](O)C[C@H]1NCCC[C@@H]1O. The van der Waals surface area contributed by atoms with Gasteiger partial charge in [0.2, 0.25) is 0 Å². The predicted octanol–water partition coefficient (Wildman–Crippen LogP) is 1.70. The van der Waals surface area contributed by atoms with Gasteiger partial charge in [-0.2, -0.15) is 13.2 Å². The van der Waals surface area contributed by atoms with E-state index in [2.05, 4.69) is 10.3 Å². The Morgan fingerprint density at radius 2 is 2.11 bits per heavy atom. The van der Waals surface area contributed by atoms with Gasteiger partial charge in [0.1, 0.15) is 0 Å². The van der Waals surface area contributed by atoms with Crippen LogP contribution in [0.15, 0.2) is 29.3 Å². The standard InChI is InChI=1S/C17H20F3N3O3.ClH/c18-17(19,20)11-3-1-4-12-15(11)16(26)23(9-22-12)8-10(24)7-13-14(25)5-2-6-21-13;/h1,3-4,9-10,13-14,21,24-25H,2,5-8H2;1H/t10-,13+,14-;/m0./s1. The number of alkyl halides is 3. The van der Waals surface area contributed by atoms with Gasteiger partial charge in [0.05, 0.1) is 41.5 Å². The Kier molecular flexibility index (Phi) is 6.85. The quantitative estimate of drug-likeness (QED) is 0.718. The summed E-state index contributed by atoms with van der Waals surface area (Å²) in [7, 11) is 0. The van der Waals surface area contributed by atoms with Crippen molar-refractivity contribution in [1.29, 1.82) is 0 Å². The van der Waals surface area contributed by atoms with E-state index in [-0.39, 0.29) is 36.9 Å². The molecule has 10 heteroatoms. The van der Waals surface area contributed by atoms with E-state index in [1.807, 2.05) is 0 Å². The second-order valence-electron chi connectivity index (χ2n) is 6.56.